The molecule has 4 heteroatoms. The standard InChI is InChI=1S/C15H27NO3/c1-19-11-13-6-5-9-16(10-13)12-15(14(17)18)7-3-2-4-8-15/h13H,2-12H2,1H3,(H,17,18). The van der Waals surface area contributed by atoms with E-state index >= 15 is 0 Å². The molecule has 4 nitrogen and oxygen atoms in total. The van der Waals surface area contributed by atoms with Crippen molar-refractivity contribution >= 4 is 5.97 Å². The summed E-state index contributed by atoms with van der Waals surface area (Å²) in [5.41, 5.74) is -0.479. The predicted octanol–water partition coefficient (Wildman–Crippen LogP) is 2.38. The lowest BCUT2D eigenvalue weighted by Crippen LogP contribution is -2.48. The summed E-state index contributed by atoms with van der Waals surface area (Å²) in [7, 11) is 1.75. The Morgan fingerprint density at radius 3 is 2.68 bits per heavy atom. The van der Waals surface area contributed by atoms with Gasteiger partial charge in [0, 0.05) is 20.2 Å². The Morgan fingerprint density at radius 1 is 1.32 bits per heavy atom. The average molecular weight is 269 g/mol. The van der Waals surface area contributed by atoms with Crippen molar-refractivity contribution in [2.75, 3.05) is 33.4 Å². The highest BCUT2D eigenvalue weighted by Crippen LogP contribution is 2.38. The van der Waals surface area contributed by atoms with E-state index < -0.39 is 11.4 Å². The Balaban J connectivity index is 1.95. The van der Waals surface area contributed by atoms with Crippen LogP contribution in [0.15, 0.2) is 0 Å². The van der Waals surface area contributed by atoms with Crippen LogP contribution in [-0.4, -0.2) is 49.3 Å². The van der Waals surface area contributed by atoms with Crippen LogP contribution in [0.4, 0.5) is 0 Å². The van der Waals surface area contributed by atoms with E-state index in [2.05, 4.69) is 4.90 Å². The van der Waals surface area contributed by atoms with Gasteiger partial charge in [-0.1, -0.05) is 19.3 Å². The number of hydrogen-bond acceptors (Lipinski definition) is 3. The van der Waals surface area contributed by atoms with Crippen LogP contribution in [0.1, 0.15) is 44.9 Å². The number of aliphatic carboxylic acids is 1. The van der Waals surface area contributed by atoms with Crippen LogP contribution >= 0.6 is 0 Å². The second kappa shape index (κ2) is 6.71. The normalized spacial score (nSPS) is 28.2. The number of piperidine rings is 1. The van der Waals surface area contributed by atoms with Gasteiger partial charge in [-0.15, -0.1) is 0 Å². The predicted molar refractivity (Wildman–Crippen MR) is 74.2 cm³/mol. The Labute approximate surface area is 116 Å². The zero-order chi connectivity index (χ0) is 13.7. The van der Waals surface area contributed by atoms with Gasteiger partial charge >= 0.3 is 5.97 Å². The van der Waals surface area contributed by atoms with E-state index in [9.17, 15) is 9.90 Å². The third-order valence-electron chi connectivity index (χ3n) is 4.80. The molecule has 1 atom stereocenters. The first-order chi connectivity index (χ1) is 9.16. The third-order valence-corrected chi connectivity index (χ3v) is 4.80. The Hall–Kier alpha value is -0.610. The van der Waals surface area contributed by atoms with Crippen molar-refractivity contribution in [2.45, 2.75) is 44.9 Å². The molecule has 1 N–H and O–H groups in total. The van der Waals surface area contributed by atoms with Crippen LogP contribution in [0.5, 0.6) is 0 Å². The van der Waals surface area contributed by atoms with Gasteiger partial charge in [0.25, 0.3) is 0 Å². The van der Waals surface area contributed by atoms with Crippen molar-refractivity contribution in [1.82, 2.24) is 4.90 Å². The van der Waals surface area contributed by atoms with Gasteiger partial charge < -0.3 is 14.7 Å². The second-order valence-electron chi connectivity index (χ2n) is 6.34. The maximum Gasteiger partial charge on any atom is 0.310 e. The topological polar surface area (TPSA) is 49.8 Å². The SMILES string of the molecule is COCC1CCCN(CC2(C(=O)O)CCCCC2)C1. The molecule has 1 unspecified atom stereocenters. The first-order valence-corrected chi connectivity index (χ1v) is 7.61. The van der Waals surface area contributed by atoms with Gasteiger partial charge in [0.1, 0.15) is 0 Å². The molecule has 0 amide bonds. The van der Waals surface area contributed by atoms with Gasteiger partial charge in [0.05, 0.1) is 12.0 Å². The number of methoxy groups -OCH3 is 1. The molecule has 2 rings (SSSR count). The van der Waals surface area contributed by atoms with Crippen LogP contribution in [-0.2, 0) is 9.53 Å². The molecule has 1 aliphatic carbocycles. The highest BCUT2D eigenvalue weighted by atomic mass is 16.5. The summed E-state index contributed by atoms with van der Waals surface area (Å²) in [6.07, 6.45) is 7.43. The number of hydrogen-bond donors (Lipinski definition) is 1. The van der Waals surface area contributed by atoms with Crippen molar-refractivity contribution in [3.8, 4) is 0 Å². The minimum atomic E-state index is -0.582. The van der Waals surface area contributed by atoms with Gasteiger partial charge in [-0.05, 0) is 38.1 Å². The summed E-state index contributed by atoms with van der Waals surface area (Å²) in [5.74, 6) is -0.00532. The number of ether oxygens (including phenoxy) is 1. The van der Waals surface area contributed by atoms with E-state index in [0.29, 0.717) is 5.92 Å². The summed E-state index contributed by atoms with van der Waals surface area (Å²) in [5, 5.41) is 9.64. The summed E-state index contributed by atoms with van der Waals surface area (Å²) in [6.45, 7) is 3.59. The Kier molecular flexibility index (Phi) is 5.22. The number of nitrogens with zero attached hydrogens (tertiary/aromatic N) is 1. The number of carboxylic acid groups (broad SMARTS) is 1. The Morgan fingerprint density at radius 2 is 2.05 bits per heavy atom. The molecule has 0 aromatic rings. The van der Waals surface area contributed by atoms with Crippen molar-refractivity contribution in [3.63, 3.8) is 0 Å². The zero-order valence-corrected chi connectivity index (χ0v) is 12.1. The van der Waals surface area contributed by atoms with Gasteiger partial charge in [-0.2, -0.15) is 0 Å². The fourth-order valence-electron chi connectivity index (χ4n) is 3.76. The fraction of sp³-hybridized carbons (Fsp3) is 0.933. The van der Waals surface area contributed by atoms with E-state index in [1.54, 1.807) is 7.11 Å². The van der Waals surface area contributed by atoms with Crippen molar-refractivity contribution in [3.05, 3.63) is 0 Å². The molecule has 1 heterocycles. The summed E-state index contributed by atoms with van der Waals surface area (Å²) >= 11 is 0. The lowest BCUT2D eigenvalue weighted by atomic mass is 9.73. The quantitative estimate of drug-likeness (QED) is 0.832. The molecular formula is C15H27NO3. The Bertz CT molecular complexity index is 298. The highest BCUT2D eigenvalue weighted by molar-refractivity contribution is 5.75. The van der Waals surface area contributed by atoms with Crippen LogP contribution < -0.4 is 0 Å². The second-order valence-corrected chi connectivity index (χ2v) is 6.34. The number of likely N-dealkylation sites (tertiary alicyclic amines) is 1. The van der Waals surface area contributed by atoms with Gasteiger partial charge in [-0.25, -0.2) is 0 Å². The first-order valence-electron chi connectivity index (χ1n) is 7.61. The lowest BCUT2D eigenvalue weighted by Gasteiger charge is -2.40. The molecule has 1 saturated carbocycles. The van der Waals surface area contributed by atoms with E-state index in [0.717, 1.165) is 51.9 Å². The lowest BCUT2D eigenvalue weighted by molar-refractivity contribution is -0.153. The van der Waals surface area contributed by atoms with Crippen molar-refractivity contribution < 1.29 is 14.6 Å². The maximum absolute atomic E-state index is 11.7. The van der Waals surface area contributed by atoms with E-state index in [1.165, 1.54) is 19.3 Å². The monoisotopic (exact) mass is 269 g/mol. The molecule has 0 bridgehead atoms. The molecule has 1 saturated heterocycles. The minimum absolute atomic E-state index is 0.479. The summed E-state index contributed by atoms with van der Waals surface area (Å²) < 4.78 is 5.25. The molecule has 0 radical (unpaired) electrons. The van der Waals surface area contributed by atoms with Crippen LogP contribution in [0, 0.1) is 11.3 Å². The minimum Gasteiger partial charge on any atom is -0.481 e. The molecular weight excluding hydrogens is 242 g/mol. The largest absolute Gasteiger partial charge is 0.481 e. The number of carboxylic acids is 1. The van der Waals surface area contributed by atoms with Gasteiger partial charge in [-0.3, -0.25) is 4.79 Å². The van der Waals surface area contributed by atoms with Crippen LogP contribution in [0.2, 0.25) is 0 Å². The average Bonchev–Trinajstić information content (AvgIpc) is 2.40. The van der Waals surface area contributed by atoms with E-state index in [1.807, 2.05) is 0 Å². The molecule has 0 spiro atoms. The molecule has 0 aromatic carbocycles. The maximum atomic E-state index is 11.7. The molecule has 19 heavy (non-hydrogen) atoms. The van der Waals surface area contributed by atoms with Crippen molar-refractivity contribution in [1.29, 1.82) is 0 Å². The van der Waals surface area contributed by atoms with Gasteiger partial charge in [0.15, 0.2) is 0 Å². The highest BCUT2D eigenvalue weighted by Gasteiger charge is 2.41. The van der Waals surface area contributed by atoms with E-state index in [4.69, 9.17) is 4.74 Å². The van der Waals surface area contributed by atoms with Crippen molar-refractivity contribution in [2.24, 2.45) is 11.3 Å². The molecule has 110 valence electrons. The number of carbonyl (C=O) groups is 1. The third kappa shape index (κ3) is 3.69. The fourth-order valence-corrected chi connectivity index (χ4v) is 3.76. The van der Waals surface area contributed by atoms with E-state index in [-0.39, 0.29) is 0 Å². The number of rotatable bonds is 5. The summed E-state index contributed by atoms with van der Waals surface area (Å²) in [6, 6.07) is 0. The molecule has 0 aromatic heterocycles. The zero-order valence-electron chi connectivity index (χ0n) is 12.1. The van der Waals surface area contributed by atoms with Crippen LogP contribution in [0.3, 0.4) is 0 Å². The van der Waals surface area contributed by atoms with Crippen LogP contribution in [0.25, 0.3) is 0 Å². The summed E-state index contributed by atoms with van der Waals surface area (Å²) in [4.78, 5) is 14.1. The first kappa shape index (κ1) is 14.8. The smallest absolute Gasteiger partial charge is 0.310 e. The van der Waals surface area contributed by atoms with Gasteiger partial charge in [0.2, 0.25) is 0 Å². The molecule has 1 aliphatic heterocycles. The molecule has 2 fully saturated rings. The molecule has 2 aliphatic rings.